The monoisotopic (exact) mass is 305 g/mol. The molecule has 7 heteroatoms. The zero-order valence-electron chi connectivity index (χ0n) is 11.9. The molecule has 2 heterocycles. The molecule has 2 aliphatic rings. The maximum atomic E-state index is 13.0. The molecular formula is C15H16FN3O3. The maximum Gasteiger partial charge on any atom is 0.324 e. The quantitative estimate of drug-likeness (QED) is 0.907. The van der Waals surface area contributed by atoms with Crippen molar-refractivity contribution in [3.8, 4) is 0 Å². The van der Waals surface area contributed by atoms with E-state index in [4.69, 9.17) is 0 Å². The molecule has 2 fully saturated rings. The Morgan fingerprint density at radius 1 is 1.27 bits per heavy atom. The Labute approximate surface area is 126 Å². The van der Waals surface area contributed by atoms with Gasteiger partial charge in [0.05, 0.1) is 6.04 Å². The molecule has 0 saturated carbocycles. The van der Waals surface area contributed by atoms with Crippen molar-refractivity contribution in [3.05, 3.63) is 35.6 Å². The molecule has 2 saturated heterocycles. The number of likely N-dealkylation sites (tertiary alicyclic amines) is 1. The smallest absolute Gasteiger partial charge is 0.324 e. The minimum absolute atomic E-state index is 0.115. The summed E-state index contributed by atoms with van der Waals surface area (Å²) >= 11 is 0. The second kappa shape index (κ2) is 5.75. The molecule has 1 aromatic rings. The fraction of sp³-hybridized carbons (Fsp3) is 0.400. The van der Waals surface area contributed by atoms with Gasteiger partial charge in [0.1, 0.15) is 12.4 Å². The van der Waals surface area contributed by atoms with Gasteiger partial charge in [-0.1, -0.05) is 12.1 Å². The van der Waals surface area contributed by atoms with Crippen LogP contribution >= 0.6 is 0 Å². The van der Waals surface area contributed by atoms with Crippen LogP contribution in [-0.4, -0.2) is 47.3 Å². The average Bonchev–Trinajstić information content (AvgIpc) is 2.44. The number of carbonyl (C=O) groups excluding carboxylic acids is 3. The summed E-state index contributed by atoms with van der Waals surface area (Å²) in [5.41, 5.74) is 0.857. The van der Waals surface area contributed by atoms with Crippen molar-refractivity contribution in [3.63, 3.8) is 0 Å². The van der Waals surface area contributed by atoms with Gasteiger partial charge in [-0.2, -0.15) is 0 Å². The van der Waals surface area contributed by atoms with Crippen molar-refractivity contribution >= 4 is 17.8 Å². The molecule has 0 spiro atoms. The van der Waals surface area contributed by atoms with Crippen LogP contribution in [0, 0.1) is 5.82 Å². The first kappa shape index (κ1) is 14.5. The highest BCUT2D eigenvalue weighted by Gasteiger charge is 2.36. The molecule has 0 radical (unpaired) electrons. The lowest BCUT2D eigenvalue weighted by molar-refractivity contribution is -0.144. The third kappa shape index (κ3) is 2.66. The summed E-state index contributed by atoms with van der Waals surface area (Å²) in [5.74, 6) is -0.932. The Morgan fingerprint density at radius 3 is 2.59 bits per heavy atom. The lowest BCUT2D eigenvalue weighted by Gasteiger charge is -2.42. The van der Waals surface area contributed by atoms with E-state index in [1.165, 1.54) is 12.1 Å². The first-order valence-corrected chi connectivity index (χ1v) is 7.19. The maximum absolute atomic E-state index is 13.0. The Kier molecular flexibility index (Phi) is 3.79. The lowest BCUT2D eigenvalue weighted by Crippen LogP contribution is -2.55. The van der Waals surface area contributed by atoms with Gasteiger partial charge in [-0.15, -0.1) is 0 Å². The zero-order valence-corrected chi connectivity index (χ0v) is 11.9. The molecule has 3 rings (SSSR count). The van der Waals surface area contributed by atoms with E-state index >= 15 is 0 Å². The molecule has 6 nitrogen and oxygen atoms in total. The van der Waals surface area contributed by atoms with Gasteiger partial charge in [-0.3, -0.25) is 14.5 Å². The van der Waals surface area contributed by atoms with E-state index in [1.54, 1.807) is 17.0 Å². The SMILES string of the molecule is O=C1CCNC(=O)N1CC(=O)N1CC[C@@H]1c1ccc(F)cc1. The number of hydrogen-bond donors (Lipinski definition) is 1. The number of imide groups is 1. The van der Waals surface area contributed by atoms with Crippen molar-refractivity contribution in [2.75, 3.05) is 19.6 Å². The average molecular weight is 305 g/mol. The molecule has 116 valence electrons. The fourth-order valence-corrected chi connectivity index (χ4v) is 2.72. The number of hydrogen-bond acceptors (Lipinski definition) is 3. The highest BCUT2D eigenvalue weighted by atomic mass is 19.1. The molecule has 1 atom stereocenters. The van der Waals surface area contributed by atoms with Crippen molar-refractivity contribution in [2.24, 2.45) is 0 Å². The van der Waals surface area contributed by atoms with Crippen LogP contribution in [0.5, 0.6) is 0 Å². The summed E-state index contributed by atoms with van der Waals surface area (Å²) in [7, 11) is 0. The molecule has 1 aromatic carbocycles. The molecule has 0 aromatic heterocycles. The summed E-state index contributed by atoms with van der Waals surface area (Å²) in [6.45, 7) is 0.636. The second-order valence-corrected chi connectivity index (χ2v) is 5.40. The van der Waals surface area contributed by atoms with Crippen LogP contribution < -0.4 is 5.32 Å². The molecule has 4 amide bonds. The van der Waals surface area contributed by atoms with E-state index in [9.17, 15) is 18.8 Å². The number of urea groups is 1. The van der Waals surface area contributed by atoms with E-state index in [1.807, 2.05) is 0 Å². The predicted molar refractivity (Wildman–Crippen MR) is 75.2 cm³/mol. The van der Waals surface area contributed by atoms with Crippen LogP contribution in [0.4, 0.5) is 9.18 Å². The third-order valence-corrected chi connectivity index (χ3v) is 4.05. The van der Waals surface area contributed by atoms with Crippen LogP contribution in [0.2, 0.25) is 0 Å². The van der Waals surface area contributed by atoms with Gasteiger partial charge < -0.3 is 10.2 Å². The Morgan fingerprint density at radius 2 is 2.00 bits per heavy atom. The first-order valence-electron chi connectivity index (χ1n) is 7.19. The predicted octanol–water partition coefficient (Wildman–Crippen LogP) is 1.04. The van der Waals surface area contributed by atoms with Crippen molar-refractivity contribution < 1.29 is 18.8 Å². The number of rotatable bonds is 3. The van der Waals surface area contributed by atoms with E-state index in [2.05, 4.69) is 5.32 Å². The largest absolute Gasteiger partial charge is 0.337 e. The number of carbonyl (C=O) groups is 3. The minimum atomic E-state index is -0.525. The summed E-state index contributed by atoms with van der Waals surface area (Å²) < 4.78 is 13.0. The van der Waals surface area contributed by atoms with Crippen LogP contribution in [-0.2, 0) is 9.59 Å². The highest BCUT2D eigenvalue weighted by Crippen LogP contribution is 2.33. The van der Waals surface area contributed by atoms with Gasteiger partial charge in [0, 0.05) is 19.5 Å². The lowest BCUT2D eigenvalue weighted by atomic mass is 9.94. The second-order valence-electron chi connectivity index (χ2n) is 5.40. The molecular weight excluding hydrogens is 289 g/mol. The van der Waals surface area contributed by atoms with Crippen LogP contribution in [0.1, 0.15) is 24.4 Å². The number of halogens is 1. The summed E-state index contributed by atoms with van der Waals surface area (Å²) in [5, 5.41) is 2.55. The Bertz CT molecular complexity index is 601. The zero-order chi connectivity index (χ0) is 15.7. The Balaban J connectivity index is 1.66. The summed E-state index contributed by atoms with van der Waals surface area (Å²) in [6, 6.07) is 5.38. The third-order valence-electron chi connectivity index (χ3n) is 4.05. The normalized spacial score (nSPS) is 21.4. The van der Waals surface area contributed by atoms with Gasteiger partial charge in [0.2, 0.25) is 11.8 Å². The topological polar surface area (TPSA) is 69.7 Å². The standard InChI is InChI=1S/C15H16FN3O3/c16-11-3-1-10(2-4-11)12-6-8-18(12)14(21)9-19-13(20)5-7-17-15(19)22/h1-4,12H,5-9H2,(H,17,22)/t12-/m1/s1. The first-order chi connectivity index (χ1) is 10.6. The minimum Gasteiger partial charge on any atom is -0.337 e. The van der Waals surface area contributed by atoms with Gasteiger partial charge >= 0.3 is 6.03 Å². The summed E-state index contributed by atoms with van der Waals surface area (Å²) in [6.07, 6.45) is 0.998. The number of nitrogens with zero attached hydrogens (tertiary/aromatic N) is 2. The van der Waals surface area contributed by atoms with Gasteiger partial charge in [0.15, 0.2) is 0 Å². The Hall–Kier alpha value is -2.44. The van der Waals surface area contributed by atoms with E-state index in [0.29, 0.717) is 13.1 Å². The van der Waals surface area contributed by atoms with Gasteiger partial charge in [0.25, 0.3) is 0 Å². The molecule has 1 N–H and O–H groups in total. The number of amides is 4. The molecule has 0 bridgehead atoms. The van der Waals surface area contributed by atoms with Crippen LogP contribution in [0.3, 0.4) is 0 Å². The summed E-state index contributed by atoms with van der Waals surface area (Å²) in [4.78, 5) is 38.2. The molecule has 2 aliphatic heterocycles. The van der Waals surface area contributed by atoms with Gasteiger partial charge in [-0.25, -0.2) is 9.18 Å². The van der Waals surface area contributed by atoms with Crippen LogP contribution in [0.15, 0.2) is 24.3 Å². The molecule has 22 heavy (non-hydrogen) atoms. The van der Waals surface area contributed by atoms with Crippen molar-refractivity contribution in [2.45, 2.75) is 18.9 Å². The molecule has 0 unspecified atom stereocenters. The van der Waals surface area contributed by atoms with Crippen molar-refractivity contribution in [1.29, 1.82) is 0 Å². The fourth-order valence-electron chi connectivity index (χ4n) is 2.72. The van der Waals surface area contributed by atoms with Crippen LogP contribution in [0.25, 0.3) is 0 Å². The van der Waals surface area contributed by atoms with Crippen molar-refractivity contribution in [1.82, 2.24) is 15.1 Å². The van der Waals surface area contributed by atoms with E-state index in [-0.39, 0.29) is 36.6 Å². The number of nitrogens with one attached hydrogen (secondary N) is 1. The van der Waals surface area contributed by atoms with E-state index < -0.39 is 6.03 Å². The van der Waals surface area contributed by atoms with E-state index in [0.717, 1.165) is 16.9 Å². The number of benzene rings is 1. The van der Waals surface area contributed by atoms with Gasteiger partial charge in [-0.05, 0) is 24.1 Å². The molecule has 0 aliphatic carbocycles. The highest BCUT2D eigenvalue weighted by molar-refractivity contribution is 6.00.